The monoisotopic (exact) mass is 394 g/mol. The summed E-state index contributed by atoms with van der Waals surface area (Å²) < 4.78 is 25.0. The van der Waals surface area contributed by atoms with E-state index in [0.29, 0.717) is 22.6 Å². The van der Waals surface area contributed by atoms with Gasteiger partial charge in [0, 0.05) is 6.42 Å². The van der Waals surface area contributed by atoms with Crippen molar-refractivity contribution in [2.45, 2.75) is 25.4 Å². The summed E-state index contributed by atoms with van der Waals surface area (Å²) in [6, 6.07) is 22.3. The van der Waals surface area contributed by atoms with Gasteiger partial charge in [-0.05, 0) is 48.4 Å². The molecule has 3 aromatic carbocycles. The summed E-state index contributed by atoms with van der Waals surface area (Å²) in [4.78, 5) is 12.1. The molecular weight excluding hydrogens is 371 g/mol. The van der Waals surface area contributed by atoms with Crippen LogP contribution in [0.25, 0.3) is 0 Å². The number of rotatable bonds is 8. The van der Waals surface area contributed by atoms with E-state index in [0.717, 1.165) is 0 Å². The van der Waals surface area contributed by atoms with Gasteiger partial charge in [0.15, 0.2) is 0 Å². The van der Waals surface area contributed by atoms with E-state index in [4.69, 9.17) is 9.47 Å². The average molecular weight is 394 g/mol. The van der Waals surface area contributed by atoms with E-state index < -0.39 is 17.4 Å². The Bertz CT molecular complexity index is 941. The number of carbonyl (C=O) groups is 1. The van der Waals surface area contributed by atoms with Crippen LogP contribution in [-0.4, -0.2) is 17.7 Å². The zero-order chi connectivity index (χ0) is 20.7. The van der Waals surface area contributed by atoms with Crippen LogP contribution in [0.4, 0.5) is 4.39 Å². The quantitative estimate of drug-likeness (QED) is 0.546. The lowest BCUT2D eigenvalue weighted by atomic mass is 9.84. The van der Waals surface area contributed by atoms with E-state index in [1.807, 2.05) is 30.3 Å². The summed E-state index contributed by atoms with van der Waals surface area (Å²) in [5, 5.41) is 11.3. The van der Waals surface area contributed by atoms with Gasteiger partial charge in [0.2, 0.25) is 0 Å². The second-order valence-electron chi connectivity index (χ2n) is 6.72. The van der Waals surface area contributed by atoms with Crippen molar-refractivity contribution in [3.05, 3.63) is 95.8 Å². The van der Waals surface area contributed by atoms with Crippen molar-refractivity contribution in [2.75, 3.05) is 6.61 Å². The Hall–Kier alpha value is -3.18. The fourth-order valence-corrected chi connectivity index (χ4v) is 3.13. The molecule has 4 nitrogen and oxygen atoms in total. The summed E-state index contributed by atoms with van der Waals surface area (Å²) in [5.41, 5.74) is -0.808. The topological polar surface area (TPSA) is 55.8 Å². The van der Waals surface area contributed by atoms with Gasteiger partial charge in [-0.3, -0.25) is 4.79 Å². The number of carbonyl (C=O) groups excluding carboxylic acids is 1. The summed E-state index contributed by atoms with van der Waals surface area (Å²) >= 11 is 0. The highest BCUT2D eigenvalue weighted by Gasteiger charge is 2.34. The fraction of sp³-hybridized carbons (Fsp3) is 0.208. The van der Waals surface area contributed by atoms with Crippen LogP contribution in [0, 0.1) is 5.82 Å². The molecule has 0 aromatic heterocycles. The van der Waals surface area contributed by atoms with E-state index >= 15 is 0 Å². The maximum atomic E-state index is 14.2. The Morgan fingerprint density at radius 2 is 1.55 bits per heavy atom. The molecule has 1 N–H and O–H groups in total. The molecule has 0 fully saturated rings. The lowest BCUT2D eigenvalue weighted by Crippen LogP contribution is -2.32. The molecule has 150 valence electrons. The van der Waals surface area contributed by atoms with Crippen LogP contribution in [0.3, 0.4) is 0 Å². The van der Waals surface area contributed by atoms with Crippen molar-refractivity contribution < 1.29 is 23.8 Å². The second-order valence-corrected chi connectivity index (χ2v) is 6.72. The molecule has 0 aliphatic carbocycles. The van der Waals surface area contributed by atoms with Crippen LogP contribution in [0.1, 0.15) is 24.5 Å². The molecule has 3 aromatic rings. The molecule has 1 atom stereocenters. The third-order valence-corrected chi connectivity index (χ3v) is 4.55. The highest BCUT2D eigenvalue weighted by Crippen LogP contribution is 2.33. The number of hydrogen-bond donors (Lipinski definition) is 1. The first kappa shape index (κ1) is 20.6. The molecule has 5 heteroatoms. The molecule has 0 amide bonds. The Morgan fingerprint density at radius 1 is 0.931 bits per heavy atom. The van der Waals surface area contributed by atoms with Crippen molar-refractivity contribution in [3.8, 4) is 11.5 Å². The molecule has 0 saturated carbocycles. The van der Waals surface area contributed by atoms with E-state index in [1.165, 1.54) is 6.07 Å². The van der Waals surface area contributed by atoms with Gasteiger partial charge >= 0.3 is 5.97 Å². The molecule has 0 aliphatic heterocycles. The van der Waals surface area contributed by atoms with Gasteiger partial charge in [-0.25, -0.2) is 4.39 Å². The standard InChI is InChI=1S/C24H23FO4/c1-2-28-23(26)17-24(27,16-18-8-6-7-11-22(18)25)19-12-14-21(15-13-19)29-20-9-4-3-5-10-20/h3-15,27H,2,16-17H2,1H3. The molecular formula is C24H23FO4. The van der Waals surface area contributed by atoms with E-state index in [-0.39, 0.29) is 19.4 Å². The third-order valence-electron chi connectivity index (χ3n) is 4.55. The van der Waals surface area contributed by atoms with Gasteiger partial charge in [0.05, 0.1) is 13.0 Å². The maximum Gasteiger partial charge on any atom is 0.309 e. The van der Waals surface area contributed by atoms with Crippen LogP contribution >= 0.6 is 0 Å². The minimum absolute atomic E-state index is 0.0582. The van der Waals surface area contributed by atoms with Crippen molar-refractivity contribution in [1.82, 2.24) is 0 Å². The molecule has 0 saturated heterocycles. The van der Waals surface area contributed by atoms with Crippen molar-refractivity contribution in [1.29, 1.82) is 0 Å². The SMILES string of the molecule is CCOC(=O)CC(O)(Cc1ccccc1F)c1ccc(Oc2ccccc2)cc1. The van der Waals surface area contributed by atoms with Gasteiger partial charge < -0.3 is 14.6 Å². The van der Waals surface area contributed by atoms with Gasteiger partial charge in [-0.1, -0.05) is 48.5 Å². The van der Waals surface area contributed by atoms with E-state index in [1.54, 1.807) is 49.4 Å². The van der Waals surface area contributed by atoms with Crippen molar-refractivity contribution in [3.63, 3.8) is 0 Å². The second kappa shape index (κ2) is 9.34. The van der Waals surface area contributed by atoms with Crippen molar-refractivity contribution in [2.24, 2.45) is 0 Å². The number of ether oxygens (including phenoxy) is 2. The third kappa shape index (κ3) is 5.42. The predicted octanol–water partition coefficient (Wildman–Crippen LogP) is 5.00. The highest BCUT2D eigenvalue weighted by atomic mass is 19.1. The van der Waals surface area contributed by atoms with Crippen LogP contribution in [0.15, 0.2) is 78.9 Å². The van der Waals surface area contributed by atoms with E-state index in [9.17, 15) is 14.3 Å². The largest absolute Gasteiger partial charge is 0.466 e. The molecule has 0 bridgehead atoms. The first-order chi connectivity index (χ1) is 14.0. The summed E-state index contributed by atoms with van der Waals surface area (Å²) in [7, 11) is 0. The van der Waals surface area contributed by atoms with Gasteiger partial charge in [-0.2, -0.15) is 0 Å². The first-order valence-electron chi connectivity index (χ1n) is 9.45. The predicted molar refractivity (Wildman–Crippen MR) is 108 cm³/mol. The number of esters is 1. The molecule has 1 unspecified atom stereocenters. The van der Waals surface area contributed by atoms with Crippen LogP contribution < -0.4 is 4.74 Å². The Kier molecular flexibility index (Phi) is 6.62. The maximum absolute atomic E-state index is 14.2. The zero-order valence-electron chi connectivity index (χ0n) is 16.2. The Balaban J connectivity index is 1.86. The van der Waals surface area contributed by atoms with E-state index in [2.05, 4.69) is 0 Å². The normalized spacial score (nSPS) is 12.8. The minimum atomic E-state index is -1.61. The van der Waals surface area contributed by atoms with Crippen LogP contribution in [-0.2, 0) is 21.6 Å². The number of benzene rings is 3. The number of para-hydroxylation sites is 1. The lowest BCUT2D eigenvalue weighted by molar-refractivity contribution is -0.149. The van der Waals surface area contributed by atoms with Gasteiger partial charge in [0.25, 0.3) is 0 Å². The van der Waals surface area contributed by atoms with Gasteiger partial charge in [-0.15, -0.1) is 0 Å². The van der Waals surface area contributed by atoms with Crippen LogP contribution in [0.5, 0.6) is 11.5 Å². The highest BCUT2D eigenvalue weighted by molar-refractivity contribution is 5.71. The Labute approximate surface area is 169 Å². The molecule has 29 heavy (non-hydrogen) atoms. The number of halogens is 1. The minimum Gasteiger partial charge on any atom is -0.466 e. The lowest BCUT2D eigenvalue weighted by Gasteiger charge is -2.28. The van der Waals surface area contributed by atoms with Crippen molar-refractivity contribution >= 4 is 5.97 Å². The molecule has 0 radical (unpaired) electrons. The smallest absolute Gasteiger partial charge is 0.309 e. The Morgan fingerprint density at radius 3 is 2.21 bits per heavy atom. The fourth-order valence-electron chi connectivity index (χ4n) is 3.13. The first-order valence-corrected chi connectivity index (χ1v) is 9.45. The molecule has 3 rings (SSSR count). The molecule has 0 spiro atoms. The van der Waals surface area contributed by atoms with Gasteiger partial charge in [0.1, 0.15) is 22.9 Å². The summed E-state index contributed by atoms with van der Waals surface area (Å²) in [6.45, 7) is 1.90. The summed E-state index contributed by atoms with van der Waals surface area (Å²) in [5.74, 6) is 0.299. The summed E-state index contributed by atoms with van der Waals surface area (Å²) in [6.07, 6.45) is -0.342. The average Bonchev–Trinajstić information content (AvgIpc) is 2.71. The molecule has 0 aliphatic rings. The molecule has 0 heterocycles. The zero-order valence-corrected chi connectivity index (χ0v) is 16.2. The number of aliphatic hydroxyl groups is 1. The van der Waals surface area contributed by atoms with Crippen LogP contribution in [0.2, 0.25) is 0 Å². The number of hydrogen-bond acceptors (Lipinski definition) is 4.